The van der Waals surface area contributed by atoms with Crippen molar-refractivity contribution in [1.82, 2.24) is 20.1 Å². The third-order valence-corrected chi connectivity index (χ3v) is 7.52. The summed E-state index contributed by atoms with van der Waals surface area (Å²) in [6, 6.07) is 15.3. The lowest BCUT2D eigenvalue weighted by Gasteiger charge is -2.40. The van der Waals surface area contributed by atoms with Crippen LogP contribution in [0.1, 0.15) is 42.5 Å². The summed E-state index contributed by atoms with van der Waals surface area (Å²) in [4.78, 5) is 34.0. The Balaban J connectivity index is 1.26. The van der Waals surface area contributed by atoms with Crippen molar-refractivity contribution in [2.45, 2.75) is 37.9 Å². The molecule has 162 valence electrons. The van der Waals surface area contributed by atoms with E-state index in [2.05, 4.69) is 46.4 Å². The van der Waals surface area contributed by atoms with Gasteiger partial charge in [0.05, 0.1) is 33.9 Å². The van der Waals surface area contributed by atoms with Crippen LogP contribution in [-0.4, -0.2) is 45.4 Å². The lowest BCUT2D eigenvalue weighted by Crippen LogP contribution is -2.55. The second-order valence-electron chi connectivity index (χ2n) is 8.50. The monoisotopic (exact) mass is 445 g/mol. The molecule has 7 nitrogen and oxygen atoms in total. The SMILES string of the molecule is C[C@H](c1ccc2scnc2c1)N1CCC2(CC1)NC(=O)N(Cc1ccc(C#N)cc1)C2=O. The van der Waals surface area contributed by atoms with E-state index < -0.39 is 5.54 Å². The van der Waals surface area contributed by atoms with Crippen molar-refractivity contribution < 1.29 is 9.59 Å². The topological polar surface area (TPSA) is 89.3 Å². The molecule has 0 radical (unpaired) electrons. The van der Waals surface area contributed by atoms with Gasteiger partial charge in [-0.15, -0.1) is 11.3 Å². The van der Waals surface area contributed by atoms with Crippen LogP contribution in [0.3, 0.4) is 0 Å². The first-order chi connectivity index (χ1) is 15.5. The molecule has 3 aromatic rings. The largest absolute Gasteiger partial charge is 0.325 e. The van der Waals surface area contributed by atoms with Crippen LogP contribution in [-0.2, 0) is 11.3 Å². The van der Waals surface area contributed by atoms with Crippen molar-refractivity contribution in [2.24, 2.45) is 0 Å². The van der Waals surface area contributed by atoms with Crippen molar-refractivity contribution >= 4 is 33.5 Å². The summed E-state index contributed by atoms with van der Waals surface area (Å²) in [5, 5.41) is 11.9. The zero-order valence-electron chi connectivity index (χ0n) is 17.7. The third-order valence-electron chi connectivity index (χ3n) is 6.71. The van der Waals surface area contributed by atoms with Gasteiger partial charge in [-0.3, -0.25) is 14.6 Å². The molecule has 2 aliphatic heterocycles. The van der Waals surface area contributed by atoms with Crippen LogP contribution < -0.4 is 5.32 Å². The number of thiazole rings is 1. The Labute approximate surface area is 190 Å². The fourth-order valence-corrected chi connectivity index (χ4v) is 5.32. The predicted molar refractivity (Wildman–Crippen MR) is 122 cm³/mol. The number of likely N-dealkylation sites (tertiary alicyclic amines) is 1. The highest BCUT2D eigenvalue weighted by atomic mass is 32.1. The lowest BCUT2D eigenvalue weighted by atomic mass is 9.86. The van der Waals surface area contributed by atoms with E-state index >= 15 is 0 Å². The van der Waals surface area contributed by atoms with Crippen molar-refractivity contribution in [3.63, 3.8) is 0 Å². The highest BCUT2D eigenvalue weighted by Gasteiger charge is 2.52. The number of carbonyl (C=O) groups excluding carboxylic acids is 2. The molecule has 0 bridgehead atoms. The molecule has 2 saturated heterocycles. The van der Waals surface area contributed by atoms with Gasteiger partial charge in [0.2, 0.25) is 0 Å². The molecule has 1 atom stereocenters. The smallest absolute Gasteiger partial charge is 0.323 e. The summed E-state index contributed by atoms with van der Waals surface area (Å²) in [5.41, 5.74) is 4.65. The van der Waals surface area contributed by atoms with Gasteiger partial charge in [-0.25, -0.2) is 9.78 Å². The van der Waals surface area contributed by atoms with E-state index in [9.17, 15) is 9.59 Å². The minimum absolute atomic E-state index is 0.150. The molecule has 2 aliphatic rings. The highest BCUT2D eigenvalue weighted by Crippen LogP contribution is 2.34. The number of hydrogen-bond donors (Lipinski definition) is 1. The number of carbonyl (C=O) groups is 2. The van der Waals surface area contributed by atoms with E-state index in [0.29, 0.717) is 18.4 Å². The molecule has 3 amide bonds. The summed E-state index contributed by atoms with van der Waals surface area (Å²) in [6.07, 6.45) is 1.18. The molecule has 0 aliphatic carbocycles. The number of hydrogen-bond acceptors (Lipinski definition) is 6. The van der Waals surface area contributed by atoms with Crippen molar-refractivity contribution in [2.75, 3.05) is 13.1 Å². The molecule has 5 rings (SSSR count). The molecule has 8 heteroatoms. The first kappa shape index (κ1) is 20.6. The number of piperidine rings is 1. The van der Waals surface area contributed by atoms with E-state index in [1.165, 1.54) is 15.2 Å². The molecule has 0 saturated carbocycles. The average Bonchev–Trinajstić information content (AvgIpc) is 3.38. The lowest BCUT2D eigenvalue weighted by molar-refractivity contribution is -0.133. The number of nitriles is 1. The zero-order chi connectivity index (χ0) is 22.3. The minimum atomic E-state index is -0.821. The van der Waals surface area contributed by atoms with Crippen LogP contribution in [0.15, 0.2) is 48.0 Å². The van der Waals surface area contributed by atoms with Gasteiger partial charge in [0.25, 0.3) is 5.91 Å². The number of urea groups is 1. The first-order valence-electron chi connectivity index (χ1n) is 10.7. The van der Waals surface area contributed by atoms with E-state index in [0.717, 1.165) is 24.2 Å². The standard InChI is InChI=1S/C24H23N5O2S/c1-16(19-6-7-21-20(12-19)26-15-32-21)28-10-8-24(9-11-28)22(30)29(23(31)27-24)14-18-4-2-17(13-25)3-5-18/h2-7,12,15-16H,8-11,14H2,1H3,(H,27,31)/t16-/m1/s1. The molecule has 2 aromatic carbocycles. The van der Waals surface area contributed by atoms with Crippen LogP contribution in [0.4, 0.5) is 4.79 Å². The van der Waals surface area contributed by atoms with Gasteiger partial charge in [0.15, 0.2) is 0 Å². The maximum atomic E-state index is 13.2. The number of nitrogens with zero attached hydrogens (tertiary/aromatic N) is 4. The number of benzene rings is 2. The molecule has 2 fully saturated rings. The minimum Gasteiger partial charge on any atom is -0.323 e. The molecule has 32 heavy (non-hydrogen) atoms. The molecule has 1 N–H and O–H groups in total. The molecule has 1 spiro atoms. The van der Waals surface area contributed by atoms with Gasteiger partial charge in [0.1, 0.15) is 5.54 Å². The van der Waals surface area contributed by atoms with Gasteiger partial charge in [-0.05, 0) is 55.2 Å². The Morgan fingerprint density at radius 1 is 1.19 bits per heavy atom. The Kier molecular flexibility index (Phi) is 5.16. The van der Waals surface area contributed by atoms with E-state index in [4.69, 9.17) is 5.26 Å². The maximum Gasteiger partial charge on any atom is 0.325 e. The Morgan fingerprint density at radius 3 is 2.66 bits per heavy atom. The fourth-order valence-electron chi connectivity index (χ4n) is 4.66. The number of rotatable bonds is 4. The van der Waals surface area contributed by atoms with Gasteiger partial charge in [-0.1, -0.05) is 18.2 Å². The second kappa shape index (κ2) is 8.01. The fraction of sp³-hybridized carbons (Fsp3) is 0.333. The van der Waals surface area contributed by atoms with E-state index in [-0.39, 0.29) is 24.5 Å². The van der Waals surface area contributed by atoms with Gasteiger partial charge in [0, 0.05) is 19.1 Å². The number of imide groups is 1. The number of fused-ring (bicyclic) bond motifs is 1. The summed E-state index contributed by atoms with van der Waals surface area (Å²) in [7, 11) is 0. The van der Waals surface area contributed by atoms with Crippen LogP contribution in [0.5, 0.6) is 0 Å². The van der Waals surface area contributed by atoms with Gasteiger partial charge >= 0.3 is 6.03 Å². The predicted octanol–water partition coefficient (Wildman–Crippen LogP) is 3.82. The van der Waals surface area contributed by atoms with Crippen molar-refractivity contribution in [3.05, 3.63) is 64.7 Å². The van der Waals surface area contributed by atoms with Crippen LogP contribution >= 0.6 is 11.3 Å². The molecule has 0 unspecified atom stereocenters. The van der Waals surface area contributed by atoms with Crippen LogP contribution in [0, 0.1) is 11.3 Å². The summed E-state index contributed by atoms with van der Waals surface area (Å²) >= 11 is 1.64. The molecular formula is C24H23N5O2S. The Morgan fingerprint density at radius 2 is 1.94 bits per heavy atom. The number of nitrogens with one attached hydrogen (secondary N) is 1. The molecule has 1 aromatic heterocycles. The van der Waals surface area contributed by atoms with E-state index in [1.54, 1.807) is 35.6 Å². The summed E-state index contributed by atoms with van der Waals surface area (Å²) < 4.78 is 1.18. The third kappa shape index (κ3) is 3.53. The highest BCUT2D eigenvalue weighted by molar-refractivity contribution is 7.16. The number of aromatic nitrogens is 1. The van der Waals surface area contributed by atoms with E-state index in [1.807, 2.05) is 5.51 Å². The zero-order valence-corrected chi connectivity index (χ0v) is 18.6. The molecule has 3 heterocycles. The van der Waals surface area contributed by atoms with Crippen LogP contribution in [0.25, 0.3) is 10.2 Å². The van der Waals surface area contributed by atoms with Gasteiger partial charge in [-0.2, -0.15) is 5.26 Å². The Hall–Kier alpha value is -3.28. The Bertz CT molecular complexity index is 1220. The number of amides is 3. The summed E-state index contributed by atoms with van der Waals surface area (Å²) in [5.74, 6) is -0.150. The quantitative estimate of drug-likeness (QED) is 0.617. The van der Waals surface area contributed by atoms with Crippen LogP contribution in [0.2, 0.25) is 0 Å². The van der Waals surface area contributed by atoms with Crippen molar-refractivity contribution in [3.8, 4) is 6.07 Å². The second-order valence-corrected chi connectivity index (χ2v) is 9.39. The molecular weight excluding hydrogens is 422 g/mol. The van der Waals surface area contributed by atoms with Crippen molar-refractivity contribution in [1.29, 1.82) is 5.26 Å². The maximum absolute atomic E-state index is 13.2. The normalized spacial score (nSPS) is 19.3. The van der Waals surface area contributed by atoms with Gasteiger partial charge < -0.3 is 5.32 Å². The summed E-state index contributed by atoms with van der Waals surface area (Å²) in [6.45, 7) is 3.85. The first-order valence-corrected chi connectivity index (χ1v) is 11.6. The average molecular weight is 446 g/mol.